The van der Waals surface area contributed by atoms with Crippen LogP contribution in [0.25, 0.3) is 0 Å². The normalized spacial score (nSPS) is 16.9. The summed E-state index contributed by atoms with van der Waals surface area (Å²) in [4.78, 5) is 25.3. The molecule has 0 radical (unpaired) electrons. The molecule has 1 atom stereocenters. The molecule has 0 unspecified atom stereocenters. The Morgan fingerprint density at radius 1 is 1.03 bits per heavy atom. The van der Waals surface area contributed by atoms with E-state index in [1.165, 1.54) is 25.3 Å². The fourth-order valence-electron chi connectivity index (χ4n) is 3.88. The molecule has 3 aromatic carbocycles. The molecular formula is C27H26F3N3O5. The number of alkyl halides is 3. The molecule has 4 rings (SSSR count). The van der Waals surface area contributed by atoms with Crippen molar-refractivity contribution in [2.75, 3.05) is 25.6 Å². The van der Waals surface area contributed by atoms with Gasteiger partial charge in [0.25, 0.3) is 5.91 Å². The number of hydrogen-bond acceptors (Lipinski definition) is 6. The SMILES string of the molecule is COc1cccc(C(=O)N[C@]2(OC(=O)NCc3ccc(Nc4ccccc4C(F)(F)F)cc3)CCOC2)c1. The van der Waals surface area contributed by atoms with Crippen molar-refractivity contribution in [2.45, 2.75) is 24.9 Å². The number of benzene rings is 3. The average molecular weight is 530 g/mol. The zero-order valence-corrected chi connectivity index (χ0v) is 20.4. The molecule has 2 amide bonds. The van der Waals surface area contributed by atoms with Crippen molar-refractivity contribution in [2.24, 2.45) is 0 Å². The van der Waals surface area contributed by atoms with Gasteiger partial charge in [-0.25, -0.2) is 4.79 Å². The number of nitrogens with one attached hydrogen (secondary N) is 3. The van der Waals surface area contributed by atoms with Crippen molar-refractivity contribution in [1.29, 1.82) is 0 Å². The lowest BCUT2D eigenvalue weighted by Gasteiger charge is -2.28. The van der Waals surface area contributed by atoms with Gasteiger partial charge in [-0.2, -0.15) is 13.2 Å². The molecule has 1 aliphatic rings. The van der Waals surface area contributed by atoms with E-state index in [2.05, 4.69) is 16.0 Å². The number of para-hydroxylation sites is 1. The topological polar surface area (TPSA) is 97.9 Å². The van der Waals surface area contributed by atoms with Gasteiger partial charge >= 0.3 is 12.3 Å². The third-order valence-electron chi connectivity index (χ3n) is 5.85. The Labute approximate surface area is 217 Å². The highest BCUT2D eigenvalue weighted by Gasteiger charge is 2.41. The van der Waals surface area contributed by atoms with E-state index in [1.807, 2.05) is 0 Å². The number of amides is 2. The fraction of sp³-hybridized carbons (Fsp3) is 0.259. The number of ether oxygens (including phenoxy) is 3. The Morgan fingerprint density at radius 3 is 2.47 bits per heavy atom. The number of halogens is 3. The van der Waals surface area contributed by atoms with Crippen molar-refractivity contribution in [3.8, 4) is 5.75 Å². The van der Waals surface area contributed by atoms with Gasteiger partial charge in [-0.15, -0.1) is 0 Å². The number of carbonyl (C=O) groups excluding carboxylic acids is 2. The van der Waals surface area contributed by atoms with E-state index < -0.39 is 29.5 Å². The highest BCUT2D eigenvalue weighted by molar-refractivity contribution is 5.95. The first-order valence-electron chi connectivity index (χ1n) is 11.7. The van der Waals surface area contributed by atoms with Gasteiger partial charge in [0.05, 0.1) is 25.0 Å². The van der Waals surface area contributed by atoms with Gasteiger partial charge in [0, 0.05) is 24.2 Å². The van der Waals surface area contributed by atoms with E-state index in [-0.39, 0.29) is 25.3 Å². The standard InChI is InChI=1S/C27H26F3N3O5/c1-36-21-6-4-5-19(15-21)24(34)33-26(13-14-37-17-26)38-25(35)31-16-18-9-11-20(12-10-18)32-23-8-3-2-7-22(23)27(28,29)30/h2-12,15,32H,13-14,16-17H2,1H3,(H,31,35)(H,33,34)/t26-/m0/s1. The molecule has 1 saturated heterocycles. The monoisotopic (exact) mass is 529 g/mol. The number of rotatable bonds is 8. The van der Waals surface area contributed by atoms with Gasteiger partial charge in [0.1, 0.15) is 12.4 Å². The second-order valence-corrected chi connectivity index (χ2v) is 8.59. The third-order valence-corrected chi connectivity index (χ3v) is 5.85. The van der Waals surface area contributed by atoms with Gasteiger partial charge in [-0.05, 0) is 48.0 Å². The summed E-state index contributed by atoms with van der Waals surface area (Å²) in [6.45, 7) is 0.395. The van der Waals surface area contributed by atoms with Crippen LogP contribution in [-0.4, -0.2) is 38.0 Å². The maximum atomic E-state index is 13.2. The smallest absolute Gasteiger partial charge is 0.418 e. The van der Waals surface area contributed by atoms with E-state index in [1.54, 1.807) is 48.5 Å². The molecule has 0 saturated carbocycles. The molecule has 1 heterocycles. The van der Waals surface area contributed by atoms with E-state index in [9.17, 15) is 22.8 Å². The second kappa shape index (κ2) is 11.4. The number of carbonyl (C=O) groups is 2. The molecule has 0 aliphatic carbocycles. The Hall–Kier alpha value is -4.25. The van der Waals surface area contributed by atoms with E-state index in [0.717, 1.165) is 6.07 Å². The van der Waals surface area contributed by atoms with Crippen LogP contribution in [0.15, 0.2) is 72.8 Å². The quantitative estimate of drug-likeness (QED) is 0.346. The fourth-order valence-corrected chi connectivity index (χ4v) is 3.88. The number of hydrogen-bond donors (Lipinski definition) is 3. The van der Waals surface area contributed by atoms with Crippen LogP contribution < -0.4 is 20.7 Å². The largest absolute Gasteiger partial charge is 0.497 e. The molecular weight excluding hydrogens is 503 g/mol. The minimum atomic E-state index is -4.48. The van der Waals surface area contributed by atoms with E-state index >= 15 is 0 Å². The first-order chi connectivity index (χ1) is 18.2. The highest BCUT2D eigenvalue weighted by atomic mass is 19.4. The van der Waals surface area contributed by atoms with Crippen molar-refractivity contribution < 1.29 is 37.0 Å². The van der Waals surface area contributed by atoms with E-state index in [4.69, 9.17) is 14.2 Å². The molecule has 11 heteroatoms. The van der Waals surface area contributed by atoms with Crippen LogP contribution in [0.5, 0.6) is 5.75 Å². The summed E-state index contributed by atoms with van der Waals surface area (Å²) in [6, 6.07) is 18.3. The number of methoxy groups -OCH3 is 1. The maximum absolute atomic E-state index is 13.2. The molecule has 38 heavy (non-hydrogen) atoms. The lowest BCUT2D eigenvalue weighted by Crippen LogP contribution is -2.53. The predicted octanol–water partition coefficient (Wildman–Crippen LogP) is 5.23. The first-order valence-corrected chi connectivity index (χ1v) is 11.7. The lowest BCUT2D eigenvalue weighted by atomic mass is 10.1. The van der Waals surface area contributed by atoms with Crippen molar-refractivity contribution in [3.05, 3.63) is 89.5 Å². The van der Waals surface area contributed by atoms with Gasteiger partial charge in [0.15, 0.2) is 0 Å². The molecule has 0 bridgehead atoms. The molecule has 0 spiro atoms. The van der Waals surface area contributed by atoms with Gasteiger partial charge in [-0.3, -0.25) is 4.79 Å². The Balaban J connectivity index is 1.33. The van der Waals surface area contributed by atoms with Crippen LogP contribution in [0.1, 0.15) is 27.9 Å². The molecule has 3 N–H and O–H groups in total. The summed E-state index contributed by atoms with van der Waals surface area (Å²) in [7, 11) is 1.49. The third kappa shape index (κ3) is 6.74. The zero-order valence-electron chi connectivity index (χ0n) is 20.4. The highest BCUT2D eigenvalue weighted by Crippen LogP contribution is 2.35. The van der Waals surface area contributed by atoms with Crippen LogP contribution in [-0.2, 0) is 22.2 Å². The Bertz CT molecular complexity index is 1280. The minimum absolute atomic E-state index is 0.00407. The predicted molar refractivity (Wildman–Crippen MR) is 133 cm³/mol. The zero-order chi connectivity index (χ0) is 27.2. The molecule has 3 aromatic rings. The van der Waals surface area contributed by atoms with Gasteiger partial charge in [-0.1, -0.05) is 30.3 Å². The number of anilines is 2. The van der Waals surface area contributed by atoms with Crippen molar-refractivity contribution >= 4 is 23.4 Å². The maximum Gasteiger partial charge on any atom is 0.418 e. The molecule has 8 nitrogen and oxygen atoms in total. The van der Waals surface area contributed by atoms with Gasteiger partial charge in [0.2, 0.25) is 5.72 Å². The Kier molecular flexibility index (Phi) is 8.06. The molecule has 200 valence electrons. The van der Waals surface area contributed by atoms with Crippen LogP contribution in [0.3, 0.4) is 0 Å². The van der Waals surface area contributed by atoms with Crippen molar-refractivity contribution in [3.63, 3.8) is 0 Å². The first kappa shape index (κ1) is 26.8. The number of alkyl carbamates (subject to hydrolysis) is 1. The summed E-state index contributed by atoms with van der Waals surface area (Å²) in [5.41, 5.74) is -0.675. The van der Waals surface area contributed by atoms with E-state index in [0.29, 0.717) is 29.2 Å². The molecule has 1 aliphatic heterocycles. The summed E-state index contributed by atoms with van der Waals surface area (Å²) < 4.78 is 55.7. The molecule has 1 fully saturated rings. The second-order valence-electron chi connectivity index (χ2n) is 8.59. The summed E-state index contributed by atoms with van der Waals surface area (Å²) in [6.07, 6.45) is -4.97. The van der Waals surface area contributed by atoms with Crippen LogP contribution in [0.2, 0.25) is 0 Å². The van der Waals surface area contributed by atoms with Crippen LogP contribution in [0.4, 0.5) is 29.3 Å². The lowest BCUT2D eigenvalue weighted by molar-refractivity contribution is -0.136. The minimum Gasteiger partial charge on any atom is -0.497 e. The summed E-state index contributed by atoms with van der Waals surface area (Å²) in [5, 5.41) is 8.14. The van der Waals surface area contributed by atoms with Crippen LogP contribution >= 0.6 is 0 Å². The Morgan fingerprint density at radius 2 is 1.79 bits per heavy atom. The average Bonchev–Trinajstić information content (AvgIpc) is 3.35. The van der Waals surface area contributed by atoms with Crippen LogP contribution in [0, 0.1) is 0 Å². The summed E-state index contributed by atoms with van der Waals surface area (Å²) >= 11 is 0. The van der Waals surface area contributed by atoms with Crippen molar-refractivity contribution in [1.82, 2.24) is 10.6 Å². The summed E-state index contributed by atoms with van der Waals surface area (Å²) in [5.74, 6) is 0.0659. The van der Waals surface area contributed by atoms with Gasteiger partial charge < -0.3 is 30.2 Å². The molecule has 0 aromatic heterocycles.